The van der Waals surface area contributed by atoms with Gasteiger partial charge in [0.15, 0.2) is 30.7 Å². The summed E-state index contributed by atoms with van der Waals surface area (Å²) < 4.78 is 23.4. The van der Waals surface area contributed by atoms with Gasteiger partial charge in [0.2, 0.25) is 0 Å². The molecule has 3 aromatic rings. The largest absolute Gasteiger partial charge is 0.451 e. The van der Waals surface area contributed by atoms with Gasteiger partial charge in [0.25, 0.3) is 0 Å². The van der Waals surface area contributed by atoms with Crippen molar-refractivity contribution in [2.45, 2.75) is 29.9 Å². The molecule has 0 spiro atoms. The highest BCUT2D eigenvalue weighted by atomic mass is 32.2. The average Bonchev–Trinajstić information content (AvgIpc) is 2.99. The maximum atomic E-state index is 13.2. The van der Waals surface area contributed by atoms with E-state index in [1.54, 1.807) is 97.1 Å². The fourth-order valence-electron chi connectivity index (χ4n) is 3.93. The number of ether oxygens (including phenoxy) is 4. The van der Waals surface area contributed by atoms with Crippen LogP contribution in [0.5, 0.6) is 0 Å². The Bertz CT molecular complexity index is 1280. The molecule has 1 aliphatic rings. The lowest BCUT2D eigenvalue weighted by molar-refractivity contribution is -0.195. The molecule has 5 atom stereocenters. The zero-order valence-corrected chi connectivity index (χ0v) is 21.6. The predicted molar refractivity (Wildman–Crippen MR) is 144 cm³/mol. The van der Waals surface area contributed by atoms with Crippen molar-refractivity contribution in [2.24, 2.45) is 0 Å². The highest BCUT2D eigenvalue weighted by Gasteiger charge is 2.52. The smallest absolute Gasteiger partial charge is 0.338 e. The summed E-state index contributed by atoms with van der Waals surface area (Å²) in [6.07, 6.45) is -3.23. The fraction of sp³-hybridized carbons (Fsp3) is 0.200. The molecular formula is C30H26O8S. The molecule has 5 unspecified atom stereocenters. The van der Waals surface area contributed by atoms with E-state index in [0.717, 1.165) is 0 Å². The second-order valence-electron chi connectivity index (χ2n) is 8.44. The summed E-state index contributed by atoms with van der Waals surface area (Å²) in [5.41, 5.74) is -0.237. The van der Waals surface area contributed by atoms with Crippen molar-refractivity contribution in [3.63, 3.8) is 0 Å². The molecule has 1 saturated heterocycles. The third kappa shape index (κ3) is 7.01. The van der Waals surface area contributed by atoms with Crippen molar-refractivity contribution in [3.05, 3.63) is 120 Å². The summed E-state index contributed by atoms with van der Waals surface area (Å²) in [5.74, 6) is -1.83. The van der Waals surface area contributed by atoms with Crippen LogP contribution in [0.2, 0.25) is 0 Å². The third-order valence-corrected chi connectivity index (χ3v) is 6.94. The molecule has 0 aliphatic carbocycles. The van der Waals surface area contributed by atoms with Gasteiger partial charge < -0.3 is 23.7 Å². The van der Waals surface area contributed by atoms with Gasteiger partial charge in [-0.05, 0) is 36.4 Å². The van der Waals surface area contributed by atoms with Gasteiger partial charge in [-0.2, -0.15) is 0 Å². The minimum absolute atomic E-state index is 0.219. The van der Waals surface area contributed by atoms with Gasteiger partial charge in [-0.15, -0.1) is 18.3 Å². The third-order valence-electron chi connectivity index (χ3n) is 5.80. The van der Waals surface area contributed by atoms with Gasteiger partial charge in [0.05, 0.1) is 16.7 Å². The van der Waals surface area contributed by atoms with Gasteiger partial charge >= 0.3 is 17.9 Å². The van der Waals surface area contributed by atoms with E-state index in [1.807, 2.05) is 0 Å². The van der Waals surface area contributed by atoms with Gasteiger partial charge in [0, 0.05) is 5.75 Å². The minimum atomic E-state index is -1.41. The number of rotatable bonds is 10. The van der Waals surface area contributed by atoms with Crippen molar-refractivity contribution in [1.82, 2.24) is 0 Å². The number of aldehydes is 1. The molecule has 200 valence electrons. The second-order valence-corrected chi connectivity index (χ2v) is 9.57. The SMILES string of the molecule is C=CCSC1OC(C=O)C(OC(=O)c2ccccc2)C(OC(=O)c2ccccc2)C1OC(=O)c1ccccc1. The molecule has 8 nitrogen and oxygen atoms in total. The first-order chi connectivity index (χ1) is 19.0. The number of carbonyl (C=O) groups excluding carboxylic acids is 4. The van der Waals surface area contributed by atoms with E-state index in [0.29, 0.717) is 12.0 Å². The number of hydrogen-bond acceptors (Lipinski definition) is 9. The summed E-state index contributed by atoms with van der Waals surface area (Å²) in [6, 6.07) is 24.6. The fourth-order valence-corrected chi connectivity index (χ4v) is 4.87. The van der Waals surface area contributed by atoms with Crippen LogP contribution in [0.25, 0.3) is 0 Å². The zero-order chi connectivity index (χ0) is 27.6. The molecule has 0 radical (unpaired) electrons. The first-order valence-corrected chi connectivity index (χ1v) is 13.2. The molecule has 1 heterocycles. The van der Waals surface area contributed by atoms with E-state index in [9.17, 15) is 19.2 Å². The van der Waals surface area contributed by atoms with Gasteiger partial charge in [-0.1, -0.05) is 60.7 Å². The molecule has 39 heavy (non-hydrogen) atoms. The highest BCUT2D eigenvalue weighted by Crippen LogP contribution is 2.34. The van der Waals surface area contributed by atoms with Gasteiger partial charge in [-0.25, -0.2) is 14.4 Å². The zero-order valence-electron chi connectivity index (χ0n) is 20.8. The van der Waals surface area contributed by atoms with Gasteiger partial charge in [-0.3, -0.25) is 0 Å². The van der Waals surface area contributed by atoms with Crippen LogP contribution >= 0.6 is 11.8 Å². The summed E-state index contributed by atoms with van der Waals surface area (Å²) >= 11 is 1.20. The summed E-state index contributed by atoms with van der Waals surface area (Å²) in [7, 11) is 0. The molecule has 0 N–H and O–H groups in total. The molecule has 0 bridgehead atoms. The molecular weight excluding hydrogens is 520 g/mol. The normalized spacial score (nSPS) is 22.2. The average molecular weight is 547 g/mol. The quantitative estimate of drug-likeness (QED) is 0.157. The topological polar surface area (TPSA) is 105 Å². The first kappa shape index (κ1) is 27.8. The maximum Gasteiger partial charge on any atom is 0.338 e. The van der Waals surface area contributed by atoms with Crippen LogP contribution in [0, 0.1) is 0 Å². The van der Waals surface area contributed by atoms with Crippen molar-refractivity contribution in [1.29, 1.82) is 0 Å². The van der Waals surface area contributed by atoms with Crippen molar-refractivity contribution in [2.75, 3.05) is 5.75 Å². The van der Waals surface area contributed by atoms with Crippen LogP contribution in [-0.2, 0) is 23.7 Å². The molecule has 3 aromatic carbocycles. The second kappa shape index (κ2) is 13.5. The van der Waals surface area contributed by atoms with E-state index in [2.05, 4.69) is 6.58 Å². The van der Waals surface area contributed by atoms with Crippen LogP contribution in [-0.4, -0.2) is 59.8 Å². The standard InChI is InChI=1S/C30H26O8S/c1-2-18-39-30-26(38-29(34)22-16-10-5-11-17-22)25(37-28(33)21-14-8-4-9-15-21)24(23(19-31)35-30)36-27(32)20-12-6-3-7-13-20/h2-17,19,23-26,30H,1,18H2. The Hall–Kier alpha value is -4.21. The first-order valence-electron chi connectivity index (χ1n) is 12.1. The van der Waals surface area contributed by atoms with Crippen molar-refractivity contribution >= 4 is 36.0 Å². The number of hydrogen-bond donors (Lipinski definition) is 0. The molecule has 0 aromatic heterocycles. The van der Waals surface area contributed by atoms with E-state index in [4.69, 9.17) is 18.9 Å². The van der Waals surface area contributed by atoms with Crippen LogP contribution in [0.1, 0.15) is 31.1 Å². The number of esters is 3. The van der Waals surface area contributed by atoms with Crippen LogP contribution in [0.3, 0.4) is 0 Å². The lowest BCUT2D eigenvalue weighted by Crippen LogP contribution is -2.61. The van der Waals surface area contributed by atoms with E-state index in [-0.39, 0.29) is 16.7 Å². The van der Waals surface area contributed by atoms with Crippen LogP contribution in [0.15, 0.2) is 104 Å². The van der Waals surface area contributed by atoms with Crippen LogP contribution in [0.4, 0.5) is 0 Å². The Kier molecular flexibility index (Phi) is 9.66. The number of carbonyl (C=O) groups is 4. The molecule has 1 fully saturated rings. The van der Waals surface area contributed by atoms with Crippen molar-refractivity contribution in [3.8, 4) is 0 Å². The lowest BCUT2D eigenvalue weighted by atomic mass is 9.99. The van der Waals surface area contributed by atoms with E-state index >= 15 is 0 Å². The van der Waals surface area contributed by atoms with E-state index < -0.39 is 47.8 Å². The van der Waals surface area contributed by atoms with Crippen molar-refractivity contribution < 1.29 is 38.1 Å². The van der Waals surface area contributed by atoms with E-state index in [1.165, 1.54) is 11.8 Å². The monoisotopic (exact) mass is 546 g/mol. The molecule has 0 saturated carbocycles. The summed E-state index contributed by atoms with van der Waals surface area (Å²) in [6.45, 7) is 3.70. The Morgan fingerprint density at radius 1 is 0.692 bits per heavy atom. The summed E-state index contributed by atoms with van der Waals surface area (Å²) in [4.78, 5) is 51.5. The van der Waals surface area contributed by atoms with Crippen LogP contribution < -0.4 is 0 Å². The predicted octanol–water partition coefficient (Wildman–Crippen LogP) is 4.51. The minimum Gasteiger partial charge on any atom is -0.451 e. The summed E-state index contributed by atoms with van der Waals surface area (Å²) in [5, 5.41) is 0. The lowest BCUT2D eigenvalue weighted by Gasteiger charge is -2.43. The number of benzene rings is 3. The Labute approximate surface area is 229 Å². The Morgan fingerprint density at radius 2 is 1.10 bits per heavy atom. The highest BCUT2D eigenvalue weighted by molar-refractivity contribution is 7.99. The maximum absolute atomic E-state index is 13.2. The molecule has 1 aliphatic heterocycles. The van der Waals surface area contributed by atoms with Gasteiger partial charge in [0.1, 0.15) is 5.44 Å². The number of thioether (sulfide) groups is 1. The Morgan fingerprint density at radius 3 is 1.51 bits per heavy atom. The molecule has 9 heteroatoms. The molecule has 4 rings (SSSR count). The molecule has 0 amide bonds. The Balaban J connectivity index is 1.72.